The standard InChI is InChI=1S/C19H26N4O2/c1-12-3-6-16-17(23(12)2)8-7-15(19(16)25-11-18(21)24)13(9-20)10-22-14-4-5-14/h7-10,12,14H,3-6,11,20H2,1-2H3,(H2,21,24). The number of fused-ring (bicyclic) bond motifs is 1. The van der Waals surface area contributed by atoms with Crippen molar-refractivity contribution in [2.45, 2.75) is 44.7 Å². The van der Waals surface area contributed by atoms with Crippen LogP contribution in [0.15, 0.2) is 23.3 Å². The number of hydrogen-bond acceptors (Lipinski definition) is 5. The monoisotopic (exact) mass is 342 g/mol. The molecule has 1 aromatic rings. The van der Waals surface area contributed by atoms with Gasteiger partial charge in [0.2, 0.25) is 0 Å². The van der Waals surface area contributed by atoms with Crippen LogP contribution in [0.3, 0.4) is 0 Å². The Balaban J connectivity index is 2.02. The summed E-state index contributed by atoms with van der Waals surface area (Å²) in [6, 6.07) is 4.95. The molecule has 1 aliphatic heterocycles. The molecule has 1 fully saturated rings. The maximum Gasteiger partial charge on any atom is 0.255 e. The van der Waals surface area contributed by atoms with E-state index in [1.54, 1.807) is 6.20 Å². The second kappa shape index (κ2) is 7.17. The molecule has 4 N–H and O–H groups in total. The van der Waals surface area contributed by atoms with Crippen molar-refractivity contribution in [1.82, 2.24) is 0 Å². The summed E-state index contributed by atoms with van der Waals surface area (Å²) in [5, 5.41) is 0. The molecule has 6 nitrogen and oxygen atoms in total. The maximum absolute atomic E-state index is 11.3. The second-order valence-electron chi connectivity index (χ2n) is 6.82. The van der Waals surface area contributed by atoms with Crippen molar-refractivity contribution < 1.29 is 9.53 Å². The first-order valence-electron chi connectivity index (χ1n) is 8.76. The summed E-state index contributed by atoms with van der Waals surface area (Å²) >= 11 is 0. The summed E-state index contributed by atoms with van der Waals surface area (Å²) in [5.74, 6) is 0.194. The lowest BCUT2D eigenvalue weighted by Gasteiger charge is -2.35. The summed E-state index contributed by atoms with van der Waals surface area (Å²) in [4.78, 5) is 18.0. The van der Waals surface area contributed by atoms with Gasteiger partial charge in [-0.1, -0.05) is 0 Å². The van der Waals surface area contributed by atoms with Crippen molar-refractivity contribution >= 4 is 23.4 Å². The van der Waals surface area contributed by atoms with Gasteiger partial charge in [0.25, 0.3) is 5.91 Å². The first kappa shape index (κ1) is 17.3. The molecule has 1 atom stereocenters. The molecule has 1 unspecified atom stereocenters. The van der Waals surface area contributed by atoms with Crippen LogP contribution in [0.25, 0.3) is 5.57 Å². The molecule has 1 aromatic carbocycles. The van der Waals surface area contributed by atoms with Crippen molar-refractivity contribution in [2.24, 2.45) is 16.5 Å². The Morgan fingerprint density at radius 1 is 1.40 bits per heavy atom. The first-order valence-corrected chi connectivity index (χ1v) is 8.76. The van der Waals surface area contributed by atoms with Crippen molar-refractivity contribution in [1.29, 1.82) is 0 Å². The summed E-state index contributed by atoms with van der Waals surface area (Å²) in [7, 11) is 2.08. The van der Waals surface area contributed by atoms with E-state index in [4.69, 9.17) is 16.2 Å². The molecule has 6 heteroatoms. The number of carbonyl (C=O) groups excluding carboxylic acids is 1. The quantitative estimate of drug-likeness (QED) is 0.772. The number of carbonyl (C=O) groups is 1. The molecule has 25 heavy (non-hydrogen) atoms. The number of amides is 1. The maximum atomic E-state index is 11.3. The third-order valence-corrected chi connectivity index (χ3v) is 4.91. The van der Waals surface area contributed by atoms with Gasteiger partial charge in [-0.2, -0.15) is 0 Å². The number of allylic oxidation sites excluding steroid dienone is 1. The number of ether oxygens (including phenoxy) is 1. The van der Waals surface area contributed by atoms with E-state index in [1.165, 1.54) is 0 Å². The van der Waals surface area contributed by atoms with Crippen LogP contribution in [-0.4, -0.2) is 37.9 Å². The van der Waals surface area contributed by atoms with Gasteiger partial charge in [0.15, 0.2) is 6.61 Å². The van der Waals surface area contributed by atoms with E-state index >= 15 is 0 Å². The highest BCUT2D eigenvalue weighted by Crippen LogP contribution is 2.40. The SMILES string of the molecule is CC1CCc2c(ccc(C(C=NC3CC3)=CN)c2OCC(N)=O)N1C. The van der Waals surface area contributed by atoms with Crippen LogP contribution in [0.4, 0.5) is 5.69 Å². The molecular weight excluding hydrogens is 316 g/mol. The van der Waals surface area contributed by atoms with Crippen molar-refractivity contribution in [3.8, 4) is 5.75 Å². The van der Waals surface area contributed by atoms with Crippen molar-refractivity contribution in [3.05, 3.63) is 29.5 Å². The zero-order chi connectivity index (χ0) is 18.0. The van der Waals surface area contributed by atoms with Crippen LogP contribution >= 0.6 is 0 Å². The molecule has 134 valence electrons. The Bertz CT molecular complexity index is 722. The number of benzene rings is 1. The lowest BCUT2D eigenvalue weighted by molar-refractivity contribution is -0.119. The number of anilines is 1. The third-order valence-electron chi connectivity index (χ3n) is 4.91. The van der Waals surface area contributed by atoms with E-state index in [0.717, 1.165) is 48.1 Å². The number of primary amides is 1. The topological polar surface area (TPSA) is 93.9 Å². The molecule has 0 radical (unpaired) electrons. The summed E-state index contributed by atoms with van der Waals surface area (Å²) in [6.07, 6.45) is 7.53. The Morgan fingerprint density at radius 3 is 2.80 bits per heavy atom. The smallest absolute Gasteiger partial charge is 0.255 e. The van der Waals surface area contributed by atoms with Crippen molar-refractivity contribution in [2.75, 3.05) is 18.6 Å². The number of nitrogens with zero attached hydrogens (tertiary/aromatic N) is 2. The molecule has 0 bridgehead atoms. The first-order chi connectivity index (χ1) is 12.0. The van der Waals surface area contributed by atoms with Crippen LogP contribution in [0.1, 0.15) is 37.3 Å². The van der Waals surface area contributed by atoms with Gasteiger partial charge in [-0.3, -0.25) is 9.79 Å². The summed E-state index contributed by atoms with van der Waals surface area (Å²) < 4.78 is 5.83. The minimum Gasteiger partial charge on any atom is -0.483 e. The van der Waals surface area contributed by atoms with Gasteiger partial charge in [0, 0.05) is 47.9 Å². The molecule has 1 saturated carbocycles. The zero-order valence-corrected chi connectivity index (χ0v) is 14.9. The Kier molecular flexibility index (Phi) is 4.97. The van der Waals surface area contributed by atoms with Gasteiger partial charge in [-0.15, -0.1) is 0 Å². The molecule has 0 saturated heterocycles. The molecule has 2 aliphatic rings. The second-order valence-corrected chi connectivity index (χ2v) is 6.82. The minimum atomic E-state index is -0.494. The zero-order valence-electron chi connectivity index (χ0n) is 14.9. The van der Waals surface area contributed by atoms with E-state index in [-0.39, 0.29) is 6.61 Å². The highest BCUT2D eigenvalue weighted by atomic mass is 16.5. The average Bonchev–Trinajstić information content (AvgIpc) is 3.41. The van der Waals surface area contributed by atoms with Crippen LogP contribution in [-0.2, 0) is 11.2 Å². The fraction of sp³-hybridized carbons (Fsp3) is 0.474. The van der Waals surface area contributed by atoms with Gasteiger partial charge in [-0.05, 0) is 44.7 Å². The average molecular weight is 342 g/mol. The molecule has 0 spiro atoms. The molecular formula is C19H26N4O2. The fourth-order valence-electron chi connectivity index (χ4n) is 3.12. The Labute approximate surface area is 148 Å². The molecule has 0 aromatic heterocycles. The van der Waals surface area contributed by atoms with E-state index < -0.39 is 5.91 Å². The molecule has 1 amide bonds. The number of aliphatic imine (C=N–C) groups is 1. The van der Waals surface area contributed by atoms with Crippen LogP contribution in [0.2, 0.25) is 0 Å². The molecule has 3 rings (SSSR count). The van der Waals surface area contributed by atoms with E-state index in [0.29, 0.717) is 17.8 Å². The Hall–Kier alpha value is -2.50. The van der Waals surface area contributed by atoms with E-state index in [2.05, 4.69) is 29.9 Å². The Morgan fingerprint density at radius 2 is 2.16 bits per heavy atom. The number of hydrogen-bond donors (Lipinski definition) is 2. The van der Waals surface area contributed by atoms with Gasteiger partial charge in [-0.25, -0.2) is 0 Å². The van der Waals surface area contributed by atoms with Gasteiger partial charge >= 0.3 is 0 Å². The van der Waals surface area contributed by atoms with Crippen LogP contribution in [0, 0.1) is 0 Å². The van der Waals surface area contributed by atoms with E-state index in [9.17, 15) is 4.79 Å². The molecule has 1 heterocycles. The number of rotatable bonds is 6. The summed E-state index contributed by atoms with van der Waals surface area (Å²) in [6.45, 7) is 2.05. The highest BCUT2D eigenvalue weighted by molar-refractivity contribution is 6.11. The molecule has 1 aliphatic carbocycles. The predicted molar refractivity (Wildman–Crippen MR) is 101 cm³/mol. The van der Waals surface area contributed by atoms with Gasteiger partial charge in [0.05, 0.1) is 6.04 Å². The normalized spacial score (nSPS) is 20.6. The minimum absolute atomic E-state index is 0.152. The van der Waals surface area contributed by atoms with E-state index in [1.807, 2.05) is 12.3 Å². The van der Waals surface area contributed by atoms with Crippen molar-refractivity contribution in [3.63, 3.8) is 0 Å². The van der Waals surface area contributed by atoms with Gasteiger partial charge < -0.3 is 21.1 Å². The number of nitrogens with two attached hydrogens (primary N) is 2. The largest absolute Gasteiger partial charge is 0.483 e. The van der Waals surface area contributed by atoms with Gasteiger partial charge in [0.1, 0.15) is 5.75 Å². The highest BCUT2D eigenvalue weighted by Gasteiger charge is 2.26. The summed E-state index contributed by atoms with van der Waals surface area (Å²) in [5.41, 5.74) is 15.0. The lowest BCUT2D eigenvalue weighted by atomic mass is 9.92. The van der Waals surface area contributed by atoms with Crippen LogP contribution in [0.5, 0.6) is 5.75 Å². The van der Waals surface area contributed by atoms with Crippen LogP contribution < -0.4 is 21.1 Å². The lowest BCUT2D eigenvalue weighted by Crippen LogP contribution is -2.34. The third kappa shape index (κ3) is 3.78. The fourth-order valence-corrected chi connectivity index (χ4v) is 3.12. The predicted octanol–water partition coefficient (Wildman–Crippen LogP) is 1.85.